The van der Waals surface area contributed by atoms with Gasteiger partial charge in [0.05, 0.1) is 0 Å². The Kier molecular flexibility index (Phi) is 4.57. The van der Waals surface area contributed by atoms with Crippen molar-refractivity contribution in [2.24, 2.45) is 0 Å². The zero-order valence-corrected chi connectivity index (χ0v) is 9.70. The van der Waals surface area contributed by atoms with Crippen LogP contribution < -0.4 is 0 Å². The normalized spacial score (nSPS) is 14.5. The molecule has 0 aliphatic heterocycles. The van der Waals surface area contributed by atoms with E-state index in [1.165, 1.54) is 0 Å². The lowest BCUT2D eigenvalue weighted by Gasteiger charge is -2.26. The Hall–Kier alpha value is -1.08. The lowest BCUT2D eigenvalue weighted by atomic mass is 9.96. The smallest absolute Gasteiger partial charge is 0.108 e. The summed E-state index contributed by atoms with van der Waals surface area (Å²) < 4.78 is 5.89. The van der Waals surface area contributed by atoms with E-state index < -0.39 is 0 Å². The number of benzene rings is 1. The highest BCUT2D eigenvalue weighted by atomic mass is 16.5. The maximum Gasteiger partial charge on any atom is 0.108 e. The van der Waals surface area contributed by atoms with Crippen molar-refractivity contribution in [3.05, 3.63) is 48.6 Å². The fourth-order valence-corrected chi connectivity index (χ4v) is 1.46. The molecule has 0 amide bonds. The zero-order valence-electron chi connectivity index (χ0n) is 9.70. The summed E-state index contributed by atoms with van der Waals surface area (Å²) in [6, 6.07) is 10.2. The molecule has 1 unspecified atom stereocenters. The molecule has 0 fully saturated rings. The number of rotatable bonds is 6. The second-order valence-electron chi connectivity index (χ2n) is 3.88. The molecule has 0 radical (unpaired) electrons. The van der Waals surface area contributed by atoms with E-state index >= 15 is 0 Å². The van der Waals surface area contributed by atoms with Crippen LogP contribution in [0.1, 0.15) is 32.3 Å². The highest BCUT2D eigenvalue weighted by Gasteiger charge is 2.22. The standard InChI is InChI=1S/C14H20O/c1-4-6-12-15-14(3,5-2)13-10-8-7-9-11-13/h5,7-11H,2,4,6,12H2,1,3H3. The van der Waals surface area contributed by atoms with Gasteiger partial charge in [0, 0.05) is 6.61 Å². The van der Waals surface area contributed by atoms with Crippen molar-refractivity contribution < 1.29 is 4.74 Å². The summed E-state index contributed by atoms with van der Waals surface area (Å²) >= 11 is 0. The monoisotopic (exact) mass is 204 g/mol. The van der Waals surface area contributed by atoms with E-state index in [1.54, 1.807) is 0 Å². The summed E-state index contributed by atoms with van der Waals surface area (Å²) in [5.74, 6) is 0. The molecule has 0 aliphatic carbocycles. The van der Waals surface area contributed by atoms with Gasteiger partial charge in [0.2, 0.25) is 0 Å². The molecule has 1 aromatic carbocycles. The highest BCUT2D eigenvalue weighted by molar-refractivity contribution is 5.25. The Labute approximate surface area is 92.8 Å². The predicted octanol–water partition coefficient (Wildman–Crippen LogP) is 3.90. The lowest BCUT2D eigenvalue weighted by molar-refractivity contribution is 0.000773. The van der Waals surface area contributed by atoms with Crippen molar-refractivity contribution in [3.8, 4) is 0 Å². The van der Waals surface area contributed by atoms with Crippen molar-refractivity contribution in [2.75, 3.05) is 6.61 Å². The van der Waals surface area contributed by atoms with Gasteiger partial charge in [-0.15, -0.1) is 0 Å². The summed E-state index contributed by atoms with van der Waals surface area (Å²) in [5.41, 5.74) is 0.812. The van der Waals surface area contributed by atoms with Gasteiger partial charge < -0.3 is 4.74 Å². The Morgan fingerprint density at radius 1 is 1.33 bits per heavy atom. The second-order valence-corrected chi connectivity index (χ2v) is 3.88. The Morgan fingerprint density at radius 3 is 2.53 bits per heavy atom. The van der Waals surface area contributed by atoms with E-state index in [9.17, 15) is 0 Å². The molecule has 0 aromatic heterocycles. The van der Waals surface area contributed by atoms with E-state index in [0.717, 1.165) is 25.0 Å². The fourth-order valence-electron chi connectivity index (χ4n) is 1.46. The molecule has 0 bridgehead atoms. The van der Waals surface area contributed by atoms with Gasteiger partial charge in [-0.1, -0.05) is 56.3 Å². The average Bonchev–Trinajstić information content (AvgIpc) is 2.30. The van der Waals surface area contributed by atoms with Gasteiger partial charge in [-0.05, 0) is 18.9 Å². The summed E-state index contributed by atoms with van der Waals surface area (Å²) in [7, 11) is 0. The van der Waals surface area contributed by atoms with E-state index in [1.807, 2.05) is 24.3 Å². The van der Waals surface area contributed by atoms with Gasteiger partial charge in [0.15, 0.2) is 0 Å². The number of ether oxygens (including phenoxy) is 1. The summed E-state index contributed by atoms with van der Waals surface area (Å²) in [6.07, 6.45) is 4.12. The maximum atomic E-state index is 5.89. The van der Waals surface area contributed by atoms with Gasteiger partial charge in [0.1, 0.15) is 5.60 Å². The van der Waals surface area contributed by atoms with Crippen LogP contribution >= 0.6 is 0 Å². The minimum Gasteiger partial charge on any atom is -0.366 e. The minimum atomic E-state index is -0.351. The molecule has 0 heterocycles. The van der Waals surface area contributed by atoms with E-state index in [-0.39, 0.29) is 5.60 Å². The highest BCUT2D eigenvalue weighted by Crippen LogP contribution is 2.26. The van der Waals surface area contributed by atoms with Crippen molar-refractivity contribution >= 4 is 0 Å². The van der Waals surface area contributed by atoms with Crippen LogP contribution in [0.2, 0.25) is 0 Å². The SMILES string of the molecule is C=CC(C)(OCCCC)c1ccccc1. The van der Waals surface area contributed by atoms with Gasteiger partial charge in [-0.3, -0.25) is 0 Å². The summed E-state index contributed by atoms with van der Waals surface area (Å²) in [4.78, 5) is 0. The maximum absolute atomic E-state index is 5.89. The predicted molar refractivity (Wildman–Crippen MR) is 64.9 cm³/mol. The van der Waals surface area contributed by atoms with Gasteiger partial charge in [-0.2, -0.15) is 0 Å². The van der Waals surface area contributed by atoms with Crippen LogP contribution in [0.4, 0.5) is 0 Å². The topological polar surface area (TPSA) is 9.23 Å². The molecular weight excluding hydrogens is 184 g/mol. The number of hydrogen-bond donors (Lipinski definition) is 0. The first-order valence-corrected chi connectivity index (χ1v) is 5.56. The van der Waals surface area contributed by atoms with Gasteiger partial charge in [-0.25, -0.2) is 0 Å². The van der Waals surface area contributed by atoms with Gasteiger partial charge >= 0.3 is 0 Å². The van der Waals surface area contributed by atoms with Crippen LogP contribution in [0.3, 0.4) is 0 Å². The van der Waals surface area contributed by atoms with Crippen LogP contribution in [0.5, 0.6) is 0 Å². The molecule has 1 heteroatoms. The van der Waals surface area contributed by atoms with Crippen LogP contribution in [0, 0.1) is 0 Å². The van der Waals surface area contributed by atoms with Crippen LogP contribution in [0.25, 0.3) is 0 Å². The molecule has 82 valence electrons. The molecule has 0 saturated heterocycles. The first-order valence-electron chi connectivity index (χ1n) is 5.56. The summed E-state index contributed by atoms with van der Waals surface area (Å²) in [6.45, 7) is 8.87. The molecule has 0 saturated carbocycles. The molecule has 0 spiro atoms. The van der Waals surface area contributed by atoms with Crippen LogP contribution in [0.15, 0.2) is 43.0 Å². The van der Waals surface area contributed by atoms with Crippen molar-refractivity contribution in [1.82, 2.24) is 0 Å². The largest absolute Gasteiger partial charge is 0.366 e. The Morgan fingerprint density at radius 2 is 2.00 bits per heavy atom. The molecule has 1 atom stereocenters. The first-order chi connectivity index (χ1) is 7.23. The number of hydrogen-bond acceptors (Lipinski definition) is 1. The molecular formula is C14H20O. The van der Waals surface area contributed by atoms with Crippen molar-refractivity contribution in [1.29, 1.82) is 0 Å². The first kappa shape index (κ1) is 12.0. The summed E-state index contributed by atoms with van der Waals surface area (Å²) in [5, 5.41) is 0. The third-order valence-electron chi connectivity index (χ3n) is 2.64. The molecule has 1 rings (SSSR count). The molecule has 0 N–H and O–H groups in total. The molecule has 0 aliphatic rings. The van der Waals surface area contributed by atoms with Crippen molar-refractivity contribution in [3.63, 3.8) is 0 Å². The van der Waals surface area contributed by atoms with Crippen LogP contribution in [-0.2, 0) is 10.3 Å². The molecule has 1 aromatic rings. The Bertz CT molecular complexity index is 291. The van der Waals surface area contributed by atoms with Crippen molar-refractivity contribution in [2.45, 2.75) is 32.3 Å². The second kappa shape index (κ2) is 5.72. The van der Waals surface area contributed by atoms with Crippen LogP contribution in [-0.4, -0.2) is 6.61 Å². The van der Waals surface area contributed by atoms with Gasteiger partial charge in [0.25, 0.3) is 0 Å². The van der Waals surface area contributed by atoms with E-state index in [0.29, 0.717) is 0 Å². The molecule has 1 nitrogen and oxygen atoms in total. The quantitative estimate of drug-likeness (QED) is 0.504. The molecule has 15 heavy (non-hydrogen) atoms. The fraction of sp³-hybridized carbons (Fsp3) is 0.429. The lowest BCUT2D eigenvalue weighted by Crippen LogP contribution is -2.23. The Balaban J connectivity index is 2.72. The zero-order chi connectivity index (χ0) is 11.1. The van der Waals surface area contributed by atoms with E-state index in [2.05, 4.69) is 32.6 Å². The average molecular weight is 204 g/mol. The third-order valence-corrected chi connectivity index (χ3v) is 2.64. The number of unbranched alkanes of at least 4 members (excludes halogenated alkanes) is 1. The third kappa shape index (κ3) is 3.21. The van der Waals surface area contributed by atoms with E-state index in [4.69, 9.17) is 4.74 Å². The minimum absolute atomic E-state index is 0.351.